The zero-order valence-electron chi connectivity index (χ0n) is 17.0. The topological polar surface area (TPSA) is 26.3 Å². The molecule has 0 saturated carbocycles. The standard InChI is InChI=1S/C29H18O2/c1-17-6-8-18(9-7-17)19-10-11-21-23-13-15-24-25(29(23)31-27(21)16-19)14-12-22-20-4-2-3-5-26(20)30-28(22)24/h2-16H,1H3. The van der Waals surface area contributed by atoms with E-state index in [1.54, 1.807) is 0 Å². The summed E-state index contributed by atoms with van der Waals surface area (Å²) in [5.41, 5.74) is 7.27. The van der Waals surface area contributed by atoms with Crippen molar-refractivity contribution < 1.29 is 8.83 Å². The van der Waals surface area contributed by atoms with Crippen molar-refractivity contribution in [3.05, 3.63) is 96.6 Å². The Balaban J connectivity index is 1.51. The second-order valence-corrected chi connectivity index (χ2v) is 8.26. The van der Waals surface area contributed by atoms with E-state index in [0.717, 1.165) is 60.2 Å². The van der Waals surface area contributed by atoms with Crippen molar-refractivity contribution in [1.82, 2.24) is 0 Å². The van der Waals surface area contributed by atoms with Crippen LogP contribution in [0.2, 0.25) is 0 Å². The number of hydrogen-bond acceptors (Lipinski definition) is 2. The highest BCUT2D eigenvalue weighted by atomic mass is 16.3. The molecule has 0 aliphatic heterocycles. The van der Waals surface area contributed by atoms with Gasteiger partial charge in [0.15, 0.2) is 0 Å². The van der Waals surface area contributed by atoms with Crippen LogP contribution in [0.3, 0.4) is 0 Å². The lowest BCUT2D eigenvalue weighted by Crippen LogP contribution is -1.78. The molecule has 0 aliphatic carbocycles. The molecule has 31 heavy (non-hydrogen) atoms. The van der Waals surface area contributed by atoms with E-state index >= 15 is 0 Å². The molecule has 2 nitrogen and oxygen atoms in total. The second-order valence-electron chi connectivity index (χ2n) is 8.26. The van der Waals surface area contributed by atoms with Gasteiger partial charge in [-0.3, -0.25) is 0 Å². The Morgan fingerprint density at radius 1 is 0.452 bits per heavy atom. The Bertz CT molecular complexity index is 1780. The maximum absolute atomic E-state index is 6.43. The third kappa shape index (κ3) is 2.33. The first-order valence-electron chi connectivity index (χ1n) is 10.5. The van der Waals surface area contributed by atoms with Gasteiger partial charge in [-0.25, -0.2) is 0 Å². The average molecular weight is 398 g/mol. The smallest absolute Gasteiger partial charge is 0.143 e. The first-order chi connectivity index (χ1) is 15.3. The van der Waals surface area contributed by atoms with Crippen molar-refractivity contribution >= 4 is 54.6 Å². The SMILES string of the molecule is Cc1ccc(-c2ccc3c(c2)oc2c3ccc3c2ccc2c4ccccc4oc23)cc1. The van der Waals surface area contributed by atoms with Crippen LogP contribution in [-0.2, 0) is 0 Å². The van der Waals surface area contributed by atoms with Gasteiger partial charge in [-0.15, -0.1) is 0 Å². The van der Waals surface area contributed by atoms with Crippen LogP contribution in [0.1, 0.15) is 5.56 Å². The number of benzene rings is 5. The molecule has 2 heteroatoms. The van der Waals surface area contributed by atoms with Crippen molar-refractivity contribution in [2.75, 3.05) is 0 Å². The van der Waals surface area contributed by atoms with Crippen molar-refractivity contribution in [3.63, 3.8) is 0 Å². The number of furan rings is 2. The lowest BCUT2D eigenvalue weighted by atomic mass is 10.0. The lowest BCUT2D eigenvalue weighted by Gasteiger charge is -2.02. The molecular weight excluding hydrogens is 380 g/mol. The van der Waals surface area contributed by atoms with Crippen LogP contribution in [0.5, 0.6) is 0 Å². The zero-order chi connectivity index (χ0) is 20.5. The molecule has 0 amide bonds. The van der Waals surface area contributed by atoms with E-state index in [9.17, 15) is 0 Å². The number of rotatable bonds is 1. The molecular formula is C29H18O2. The number of aryl methyl sites for hydroxylation is 1. The van der Waals surface area contributed by atoms with Crippen molar-refractivity contribution in [2.45, 2.75) is 6.92 Å². The highest BCUT2D eigenvalue weighted by Crippen LogP contribution is 2.40. The van der Waals surface area contributed by atoms with Crippen LogP contribution in [0.4, 0.5) is 0 Å². The van der Waals surface area contributed by atoms with Crippen LogP contribution in [0.15, 0.2) is 99.8 Å². The third-order valence-corrected chi connectivity index (χ3v) is 6.36. The summed E-state index contributed by atoms with van der Waals surface area (Å²) in [7, 11) is 0. The van der Waals surface area contributed by atoms with Crippen LogP contribution in [0, 0.1) is 6.92 Å². The molecule has 0 radical (unpaired) electrons. The number of hydrogen-bond donors (Lipinski definition) is 0. The largest absolute Gasteiger partial charge is 0.455 e. The fraction of sp³-hybridized carbons (Fsp3) is 0.0345. The fourth-order valence-corrected chi connectivity index (χ4v) is 4.75. The van der Waals surface area contributed by atoms with Crippen LogP contribution < -0.4 is 0 Å². The Hall–Kier alpha value is -4.04. The quantitative estimate of drug-likeness (QED) is 0.277. The predicted octanol–water partition coefficient (Wildman–Crippen LogP) is 8.61. The Kier molecular flexibility index (Phi) is 3.23. The van der Waals surface area contributed by atoms with E-state index in [0.29, 0.717) is 0 Å². The fourth-order valence-electron chi connectivity index (χ4n) is 4.75. The summed E-state index contributed by atoms with van der Waals surface area (Å²) in [6.45, 7) is 2.11. The Morgan fingerprint density at radius 2 is 0.968 bits per heavy atom. The molecule has 5 aromatic carbocycles. The van der Waals surface area contributed by atoms with Gasteiger partial charge in [0, 0.05) is 32.3 Å². The van der Waals surface area contributed by atoms with Gasteiger partial charge >= 0.3 is 0 Å². The summed E-state index contributed by atoms with van der Waals surface area (Å²) >= 11 is 0. The highest BCUT2D eigenvalue weighted by Gasteiger charge is 2.15. The summed E-state index contributed by atoms with van der Waals surface area (Å²) in [5.74, 6) is 0. The van der Waals surface area contributed by atoms with Crippen molar-refractivity contribution in [2.24, 2.45) is 0 Å². The summed E-state index contributed by atoms with van der Waals surface area (Å²) in [5, 5.41) is 6.72. The summed E-state index contributed by atoms with van der Waals surface area (Å²) in [4.78, 5) is 0. The van der Waals surface area contributed by atoms with Crippen LogP contribution in [-0.4, -0.2) is 0 Å². The molecule has 0 unspecified atom stereocenters. The van der Waals surface area contributed by atoms with Gasteiger partial charge in [0.2, 0.25) is 0 Å². The molecule has 7 rings (SSSR count). The van der Waals surface area contributed by atoms with Gasteiger partial charge in [-0.2, -0.15) is 0 Å². The second kappa shape index (κ2) is 5.99. The first kappa shape index (κ1) is 16.7. The minimum absolute atomic E-state index is 0.908. The molecule has 2 aromatic heterocycles. The number of para-hydroxylation sites is 1. The molecule has 0 aliphatic rings. The van der Waals surface area contributed by atoms with Crippen molar-refractivity contribution in [3.8, 4) is 11.1 Å². The summed E-state index contributed by atoms with van der Waals surface area (Å²) in [6, 6.07) is 31.9. The molecule has 0 spiro atoms. The third-order valence-electron chi connectivity index (χ3n) is 6.36. The van der Waals surface area contributed by atoms with Gasteiger partial charge in [0.05, 0.1) is 0 Å². The van der Waals surface area contributed by atoms with E-state index in [1.807, 2.05) is 12.1 Å². The number of fused-ring (bicyclic) bond motifs is 9. The van der Waals surface area contributed by atoms with Gasteiger partial charge in [0.25, 0.3) is 0 Å². The van der Waals surface area contributed by atoms with E-state index in [1.165, 1.54) is 11.1 Å². The Labute approximate surface area is 178 Å². The van der Waals surface area contributed by atoms with E-state index in [2.05, 4.69) is 85.8 Å². The molecule has 2 heterocycles. The van der Waals surface area contributed by atoms with Crippen LogP contribution in [0.25, 0.3) is 65.8 Å². The van der Waals surface area contributed by atoms with Gasteiger partial charge in [0.1, 0.15) is 22.3 Å². The molecule has 0 fully saturated rings. The maximum atomic E-state index is 6.43. The molecule has 7 aromatic rings. The minimum Gasteiger partial charge on any atom is -0.455 e. The van der Waals surface area contributed by atoms with Gasteiger partial charge < -0.3 is 8.83 Å². The predicted molar refractivity (Wildman–Crippen MR) is 129 cm³/mol. The van der Waals surface area contributed by atoms with Crippen molar-refractivity contribution in [1.29, 1.82) is 0 Å². The molecule has 0 saturated heterocycles. The Morgan fingerprint density at radius 3 is 1.68 bits per heavy atom. The zero-order valence-corrected chi connectivity index (χ0v) is 17.0. The van der Waals surface area contributed by atoms with Crippen LogP contribution >= 0.6 is 0 Å². The molecule has 146 valence electrons. The highest BCUT2D eigenvalue weighted by molar-refractivity contribution is 6.22. The molecule has 0 N–H and O–H groups in total. The maximum Gasteiger partial charge on any atom is 0.143 e. The molecule has 0 bridgehead atoms. The van der Waals surface area contributed by atoms with E-state index in [-0.39, 0.29) is 0 Å². The van der Waals surface area contributed by atoms with E-state index < -0.39 is 0 Å². The minimum atomic E-state index is 0.908. The van der Waals surface area contributed by atoms with Gasteiger partial charge in [-0.1, -0.05) is 54.1 Å². The van der Waals surface area contributed by atoms with Gasteiger partial charge in [-0.05, 0) is 60.5 Å². The monoisotopic (exact) mass is 398 g/mol. The lowest BCUT2D eigenvalue weighted by molar-refractivity contribution is 0.669. The normalized spacial score (nSPS) is 12.0. The summed E-state index contributed by atoms with van der Waals surface area (Å²) in [6.07, 6.45) is 0. The average Bonchev–Trinajstić information content (AvgIpc) is 3.37. The first-order valence-corrected chi connectivity index (χ1v) is 10.5. The molecule has 0 atom stereocenters. The summed E-state index contributed by atoms with van der Waals surface area (Å²) < 4.78 is 12.7. The van der Waals surface area contributed by atoms with E-state index in [4.69, 9.17) is 8.83 Å².